The Bertz CT molecular complexity index is 1390. The Labute approximate surface area is 215 Å². The van der Waals surface area contributed by atoms with E-state index in [0.29, 0.717) is 29.2 Å². The summed E-state index contributed by atoms with van der Waals surface area (Å²) in [6.07, 6.45) is 0.787. The number of carbonyl (C=O) groups excluding carboxylic acids is 2. The summed E-state index contributed by atoms with van der Waals surface area (Å²) in [6.45, 7) is 0.739. The zero-order valence-corrected chi connectivity index (χ0v) is 20.8. The van der Waals surface area contributed by atoms with E-state index in [1.54, 1.807) is 37.2 Å². The van der Waals surface area contributed by atoms with Crippen LogP contribution in [0.1, 0.15) is 38.7 Å². The monoisotopic (exact) mass is 499 g/mol. The van der Waals surface area contributed by atoms with Crippen LogP contribution in [0, 0.1) is 5.92 Å². The van der Waals surface area contributed by atoms with Crippen LogP contribution in [0.5, 0.6) is 11.5 Å². The predicted octanol–water partition coefficient (Wildman–Crippen LogP) is 3.77. The van der Waals surface area contributed by atoms with E-state index in [1.165, 1.54) is 0 Å². The van der Waals surface area contributed by atoms with Crippen molar-refractivity contribution in [2.24, 2.45) is 5.92 Å². The molecule has 8 heteroatoms. The molecule has 37 heavy (non-hydrogen) atoms. The Balaban J connectivity index is 1.38. The maximum absolute atomic E-state index is 13.7. The molecule has 1 saturated heterocycles. The van der Waals surface area contributed by atoms with Gasteiger partial charge in [-0.3, -0.25) is 9.59 Å². The minimum absolute atomic E-state index is 0.0108. The van der Waals surface area contributed by atoms with Gasteiger partial charge in [0, 0.05) is 43.4 Å². The molecular formula is C29H29N3O5. The van der Waals surface area contributed by atoms with Crippen LogP contribution in [0.2, 0.25) is 0 Å². The van der Waals surface area contributed by atoms with Gasteiger partial charge in [-0.05, 0) is 65.6 Å². The number of aliphatic hydroxyl groups is 1. The smallest absolute Gasteiger partial charge is 0.254 e. The third-order valence-electron chi connectivity index (χ3n) is 7.60. The van der Waals surface area contributed by atoms with Crippen molar-refractivity contribution in [3.8, 4) is 22.6 Å². The normalized spacial score (nSPS) is 21.2. The number of amides is 2. The van der Waals surface area contributed by atoms with Gasteiger partial charge >= 0.3 is 0 Å². The van der Waals surface area contributed by atoms with Gasteiger partial charge in [-0.15, -0.1) is 0 Å². The molecule has 0 spiro atoms. The summed E-state index contributed by atoms with van der Waals surface area (Å²) in [5.41, 5.74) is 5.01. The Kier molecular flexibility index (Phi) is 5.76. The molecule has 3 aromatic rings. The van der Waals surface area contributed by atoms with Crippen LogP contribution in [0.15, 0.2) is 60.7 Å². The highest BCUT2D eigenvalue weighted by molar-refractivity contribution is 5.96. The van der Waals surface area contributed by atoms with Crippen molar-refractivity contribution in [2.45, 2.75) is 18.5 Å². The van der Waals surface area contributed by atoms with Gasteiger partial charge in [-0.25, -0.2) is 0 Å². The highest BCUT2D eigenvalue weighted by atomic mass is 16.7. The first-order valence-electron chi connectivity index (χ1n) is 12.5. The summed E-state index contributed by atoms with van der Waals surface area (Å²) in [5, 5.41) is 13.6. The van der Waals surface area contributed by atoms with Crippen molar-refractivity contribution in [1.29, 1.82) is 0 Å². The number of likely N-dealkylation sites (tertiary alicyclic amines) is 1. The fourth-order valence-corrected chi connectivity index (χ4v) is 5.76. The summed E-state index contributed by atoms with van der Waals surface area (Å²) in [7, 11) is 3.48. The fourth-order valence-electron chi connectivity index (χ4n) is 5.76. The Morgan fingerprint density at radius 1 is 1.00 bits per heavy atom. The molecule has 0 bridgehead atoms. The number of fused-ring (bicyclic) bond motifs is 4. The van der Waals surface area contributed by atoms with E-state index in [1.807, 2.05) is 41.3 Å². The molecule has 2 amide bonds. The third kappa shape index (κ3) is 3.97. The van der Waals surface area contributed by atoms with Gasteiger partial charge in [0.05, 0.1) is 18.7 Å². The predicted molar refractivity (Wildman–Crippen MR) is 139 cm³/mol. The molecule has 6 rings (SSSR count). The number of benzene rings is 3. The van der Waals surface area contributed by atoms with Crippen LogP contribution < -0.4 is 14.8 Å². The van der Waals surface area contributed by atoms with Crippen molar-refractivity contribution >= 4 is 17.5 Å². The van der Waals surface area contributed by atoms with Crippen LogP contribution in [0.4, 0.5) is 5.69 Å². The van der Waals surface area contributed by atoms with E-state index in [4.69, 9.17) is 9.47 Å². The lowest BCUT2D eigenvalue weighted by Crippen LogP contribution is -2.42. The molecule has 3 aliphatic heterocycles. The molecule has 2 N–H and O–H groups in total. The topological polar surface area (TPSA) is 91.3 Å². The van der Waals surface area contributed by atoms with Crippen molar-refractivity contribution in [3.05, 3.63) is 77.4 Å². The second-order valence-electron chi connectivity index (χ2n) is 9.98. The number of nitrogens with zero attached hydrogens (tertiary/aromatic N) is 2. The molecule has 0 radical (unpaired) electrons. The van der Waals surface area contributed by atoms with Crippen LogP contribution in [0.25, 0.3) is 11.1 Å². The quantitative estimate of drug-likeness (QED) is 0.568. The molecule has 3 atom stereocenters. The largest absolute Gasteiger partial charge is 0.454 e. The molecular weight excluding hydrogens is 470 g/mol. The average molecular weight is 500 g/mol. The van der Waals surface area contributed by atoms with E-state index in [-0.39, 0.29) is 43.2 Å². The third-order valence-corrected chi connectivity index (χ3v) is 7.60. The van der Waals surface area contributed by atoms with Crippen LogP contribution in [-0.2, 0) is 0 Å². The van der Waals surface area contributed by atoms with E-state index in [9.17, 15) is 14.7 Å². The van der Waals surface area contributed by atoms with Gasteiger partial charge in [0.2, 0.25) is 6.79 Å². The number of anilines is 1. The summed E-state index contributed by atoms with van der Waals surface area (Å²) in [6, 6.07) is 18.7. The van der Waals surface area contributed by atoms with Crippen LogP contribution in [0.3, 0.4) is 0 Å². The molecule has 0 unspecified atom stereocenters. The molecule has 3 aromatic carbocycles. The highest BCUT2D eigenvalue weighted by Gasteiger charge is 2.46. The van der Waals surface area contributed by atoms with Crippen molar-refractivity contribution in [2.75, 3.05) is 39.4 Å². The minimum atomic E-state index is -0.183. The molecule has 3 aliphatic rings. The molecule has 1 fully saturated rings. The Morgan fingerprint density at radius 3 is 2.62 bits per heavy atom. The second-order valence-corrected chi connectivity index (χ2v) is 9.98. The van der Waals surface area contributed by atoms with E-state index in [2.05, 4.69) is 11.4 Å². The molecule has 190 valence electrons. The molecule has 0 aromatic heterocycles. The van der Waals surface area contributed by atoms with Gasteiger partial charge in [0.15, 0.2) is 11.5 Å². The maximum Gasteiger partial charge on any atom is 0.254 e. The van der Waals surface area contributed by atoms with E-state index in [0.717, 1.165) is 28.8 Å². The summed E-state index contributed by atoms with van der Waals surface area (Å²) >= 11 is 0. The number of hydrogen-bond donors (Lipinski definition) is 2. The minimum Gasteiger partial charge on any atom is -0.454 e. The van der Waals surface area contributed by atoms with Crippen molar-refractivity contribution < 1.29 is 24.2 Å². The van der Waals surface area contributed by atoms with Gasteiger partial charge in [0.25, 0.3) is 11.8 Å². The molecule has 8 nitrogen and oxygen atoms in total. The van der Waals surface area contributed by atoms with Crippen LogP contribution in [-0.4, -0.2) is 66.8 Å². The first-order valence-corrected chi connectivity index (χ1v) is 12.5. The number of nitrogens with one attached hydrogen (secondary N) is 1. The molecule has 3 heterocycles. The Hall–Kier alpha value is -4.04. The first-order chi connectivity index (χ1) is 17.9. The number of aliphatic hydroxyl groups excluding tert-OH is 1. The fraction of sp³-hybridized carbons (Fsp3) is 0.310. The second kappa shape index (κ2) is 9.12. The number of hydrogen-bond acceptors (Lipinski definition) is 6. The van der Waals surface area contributed by atoms with Gasteiger partial charge in [-0.1, -0.05) is 18.2 Å². The zero-order valence-electron chi connectivity index (χ0n) is 20.8. The van der Waals surface area contributed by atoms with Crippen molar-refractivity contribution in [3.63, 3.8) is 0 Å². The Morgan fingerprint density at radius 2 is 1.81 bits per heavy atom. The van der Waals surface area contributed by atoms with E-state index >= 15 is 0 Å². The maximum atomic E-state index is 13.7. The van der Waals surface area contributed by atoms with Gasteiger partial charge < -0.3 is 29.7 Å². The average Bonchev–Trinajstić information content (AvgIpc) is 3.59. The summed E-state index contributed by atoms with van der Waals surface area (Å²) in [4.78, 5) is 29.8. The summed E-state index contributed by atoms with van der Waals surface area (Å²) in [5.74, 6) is 1.17. The van der Waals surface area contributed by atoms with E-state index < -0.39 is 0 Å². The standard InChI is InChI=1S/C29H29N3O5/c1-31(2)28(34)19-5-3-4-17(12-19)18-6-8-23-22(13-18)27-21(24(15-33)30-23)10-11-32(27)29(35)20-7-9-25-26(14-20)37-16-36-25/h3-9,12-14,21,24,27,30,33H,10-11,15-16H2,1-2H3/t21-,24+,27-/m0/s1. The SMILES string of the molecule is CN(C)C(=O)c1cccc(-c2ccc3c(c2)[C@@H]2[C@@H](CCN2C(=O)c2ccc4c(c2)OCO4)[C@@H](CO)N3)c1. The molecule has 0 aliphatic carbocycles. The number of rotatable bonds is 4. The van der Waals surface area contributed by atoms with Gasteiger partial charge in [-0.2, -0.15) is 0 Å². The lowest BCUT2D eigenvalue weighted by molar-refractivity contribution is 0.0700. The first kappa shape index (κ1) is 23.4. The highest BCUT2D eigenvalue weighted by Crippen LogP contribution is 2.48. The number of ether oxygens (including phenoxy) is 2. The zero-order chi connectivity index (χ0) is 25.7. The lowest BCUT2D eigenvalue weighted by Gasteiger charge is -2.39. The number of carbonyl (C=O) groups is 2. The van der Waals surface area contributed by atoms with Gasteiger partial charge in [0.1, 0.15) is 0 Å². The molecule has 0 saturated carbocycles. The summed E-state index contributed by atoms with van der Waals surface area (Å²) < 4.78 is 10.9. The van der Waals surface area contributed by atoms with Crippen molar-refractivity contribution in [1.82, 2.24) is 9.80 Å². The van der Waals surface area contributed by atoms with Crippen LogP contribution >= 0.6 is 0 Å². The lowest BCUT2D eigenvalue weighted by atomic mass is 9.82.